The van der Waals surface area contributed by atoms with Crippen LogP contribution < -0.4 is 15.2 Å². The van der Waals surface area contributed by atoms with Crippen molar-refractivity contribution in [3.63, 3.8) is 0 Å². The Labute approximate surface area is 155 Å². The number of rotatable bonds is 6. The fraction of sp³-hybridized carbons (Fsp3) is 0.0952. The summed E-state index contributed by atoms with van der Waals surface area (Å²) in [4.78, 5) is 11.2. The number of hydrogen-bond acceptors (Lipinski definition) is 3. The summed E-state index contributed by atoms with van der Waals surface area (Å²) in [5.74, 6) is -2.78. The molecule has 2 N–H and O–H groups in total. The summed E-state index contributed by atoms with van der Waals surface area (Å²) in [7, 11) is 1.60. The van der Waals surface area contributed by atoms with E-state index in [1.165, 1.54) is 0 Å². The van der Waals surface area contributed by atoms with Gasteiger partial charge in [0, 0.05) is 0 Å². The van der Waals surface area contributed by atoms with Crippen molar-refractivity contribution < 1.29 is 23.0 Å². The number of carbonyl (C=O) groups excluding carboxylic acids is 1. The highest BCUT2D eigenvalue weighted by atomic mass is 19.1. The summed E-state index contributed by atoms with van der Waals surface area (Å²) < 4.78 is 38.3. The highest BCUT2D eigenvalue weighted by molar-refractivity contribution is 5.93. The number of nitrogens with two attached hydrogens (primary N) is 1. The molecule has 0 saturated heterocycles. The second kappa shape index (κ2) is 7.86. The van der Waals surface area contributed by atoms with E-state index in [0.717, 1.165) is 34.6 Å². The second-order valence-electron chi connectivity index (χ2n) is 5.82. The Morgan fingerprint density at radius 2 is 1.74 bits per heavy atom. The molecule has 3 rings (SSSR count). The van der Waals surface area contributed by atoms with Crippen LogP contribution in [0, 0.1) is 11.6 Å². The molecule has 0 spiro atoms. The lowest BCUT2D eigenvalue weighted by Crippen LogP contribution is -2.16. The third-order valence-corrected chi connectivity index (χ3v) is 4.05. The van der Waals surface area contributed by atoms with Crippen molar-refractivity contribution in [1.29, 1.82) is 0 Å². The maximum atomic E-state index is 14.2. The molecule has 3 aromatic carbocycles. The van der Waals surface area contributed by atoms with Crippen LogP contribution in [-0.2, 0) is 6.61 Å². The van der Waals surface area contributed by atoms with Crippen molar-refractivity contribution in [3.8, 4) is 22.6 Å². The first-order valence-corrected chi connectivity index (χ1v) is 8.13. The third kappa shape index (κ3) is 4.06. The first-order valence-electron chi connectivity index (χ1n) is 8.13. The zero-order valence-electron chi connectivity index (χ0n) is 14.5. The maximum Gasteiger partial charge on any atom is 0.254 e. The normalized spacial score (nSPS) is 10.5. The van der Waals surface area contributed by atoms with Gasteiger partial charge in [0.05, 0.1) is 7.11 Å². The molecular weight excluding hydrogens is 352 g/mol. The van der Waals surface area contributed by atoms with Gasteiger partial charge < -0.3 is 15.2 Å². The third-order valence-electron chi connectivity index (χ3n) is 4.05. The van der Waals surface area contributed by atoms with Crippen LogP contribution in [0.4, 0.5) is 8.78 Å². The lowest BCUT2D eigenvalue weighted by molar-refractivity contribution is 0.0991. The van der Waals surface area contributed by atoms with Crippen molar-refractivity contribution in [2.45, 2.75) is 6.61 Å². The summed E-state index contributed by atoms with van der Waals surface area (Å²) in [6.07, 6.45) is 0. The molecule has 27 heavy (non-hydrogen) atoms. The van der Waals surface area contributed by atoms with Crippen LogP contribution in [0.25, 0.3) is 11.1 Å². The monoisotopic (exact) mass is 369 g/mol. The van der Waals surface area contributed by atoms with Gasteiger partial charge in [0.1, 0.15) is 23.7 Å². The van der Waals surface area contributed by atoms with E-state index >= 15 is 0 Å². The van der Waals surface area contributed by atoms with Crippen LogP contribution in [0.5, 0.6) is 11.5 Å². The average molecular weight is 369 g/mol. The highest BCUT2D eigenvalue weighted by Crippen LogP contribution is 2.26. The maximum absolute atomic E-state index is 14.2. The quantitative estimate of drug-likeness (QED) is 0.704. The molecule has 0 unspecified atom stereocenters. The molecule has 0 saturated carbocycles. The number of amides is 1. The zero-order chi connectivity index (χ0) is 19.4. The van der Waals surface area contributed by atoms with Gasteiger partial charge in [-0.1, -0.05) is 30.3 Å². The highest BCUT2D eigenvalue weighted by Gasteiger charge is 2.19. The topological polar surface area (TPSA) is 61.6 Å². The van der Waals surface area contributed by atoms with E-state index in [0.29, 0.717) is 0 Å². The largest absolute Gasteiger partial charge is 0.497 e. The number of hydrogen-bond donors (Lipinski definition) is 1. The molecule has 0 aliphatic carbocycles. The lowest BCUT2D eigenvalue weighted by Gasteiger charge is -2.11. The van der Waals surface area contributed by atoms with Crippen LogP contribution in [0.2, 0.25) is 0 Å². The minimum Gasteiger partial charge on any atom is -0.497 e. The first kappa shape index (κ1) is 18.4. The Morgan fingerprint density at radius 1 is 1.00 bits per heavy atom. The van der Waals surface area contributed by atoms with E-state index in [2.05, 4.69) is 0 Å². The molecule has 3 aromatic rings. The zero-order valence-corrected chi connectivity index (χ0v) is 14.5. The molecule has 138 valence electrons. The Hall–Kier alpha value is -3.41. The van der Waals surface area contributed by atoms with Crippen LogP contribution in [0.3, 0.4) is 0 Å². The summed E-state index contributed by atoms with van der Waals surface area (Å²) in [5.41, 5.74) is 6.93. The van der Waals surface area contributed by atoms with Crippen LogP contribution in [-0.4, -0.2) is 13.0 Å². The van der Waals surface area contributed by atoms with Crippen LogP contribution in [0.15, 0.2) is 60.7 Å². The van der Waals surface area contributed by atoms with E-state index in [1.54, 1.807) is 7.11 Å². The number of primary amides is 1. The van der Waals surface area contributed by atoms with Crippen molar-refractivity contribution in [2.24, 2.45) is 5.73 Å². The van der Waals surface area contributed by atoms with Gasteiger partial charge in [-0.3, -0.25) is 4.79 Å². The van der Waals surface area contributed by atoms with Crippen LogP contribution in [0.1, 0.15) is 15.9 Å². The van der Waals surface area contributed by atoms with E-state index < -0.39 is 23.1 Å². The lowest BCUT2D eigenvalue weighted by atomic mass is 10.0. The van der Waals surface area contributed by atoms with E-state index in [4.69, 9.17) is 15.2 Å². The van der Waals surface area contributed by atoms with E-state index in [9.17, 15) is 13.6 Å². The molecule has 0 heterocycles. The molecule has 0 fully saturated rings. The fourth-order valence-corrected chi connectivity index (χ4v) is 2.66. The Bertz CT molecular complexity index is 972. The van der Waals surface area contributed by atoms with E-state index in [-0.39, 0.29) is 12.4 Å². The van der Waals surface area contributed by atoms with Gasteiger partial charge in [0.2, 0.25) is 0 Å². The summed E-state index contributed by atoms with van der Waals surface area (Å²) in [6, 6.07) is 17.2. The number of methoxy groups -OCH3 is 1. The van der Waals surface area contributed by atoms with Gasteiger partial charge in [-0.25, -0.2) is 8.78 Å². The first-order chi connectivity index (χ1) is 13.0. The summed E-state index contributed by atoms with van der Waals surface area (Å²) in [6.45, 7) is 0.0464. The van der Waals surface area contributed by atoms with Gasteiger partial charge in [0.25, 0.3) is 5.91 Å². The standard InChI is InChI=1S/C21H17F2NO3/c1-26-16-7-5-14(6-8-16)15-4-2-3-13(11-15)12-27-18-10-9-17(22)19(20(18)23)21(24)25/h2-11H,12H2,1H3,(H2,24,25). The van der Waals surface area contributed by atoms with Gasteiger partial charge in [0.15, 0.2) is 11.6 Å². The molecule has 1 amide bonds. The number of ether oxygens (including phenoxy) is 2. The van der Waals surface area contributed by atoms with Crippen molar-refractivity contribution >= 4 is 5.91 Å². The van der Waals surface area contributed by atoms with Crippen LogP contribution >= 0.6 is 0 Å². The fourth-order valence-electron chi connectivity index (χ4n) is 2.66. The average Bonchev–Trinajstić information content (AvgIpc) is 2.67. The van der Waals surface area contributed by atoms with Crippen molar-refractivity contribution in [2.75, 3.05) is 7.11 Å². The molecule has 4 nitrogen and oxygen atoms in total. The molecule has 0 aliphatic heterocycles. The van der Waals surface area contributed by atoms with Crippen molar-refractivity contribution in [1.82, 2.24) is 0 Å². The van der Waals surface area contributed by atoms with Crippen molar-refractivity contribution in [3.05, 3.63) is 83.4 Å². The predicted octanol–water partition coefficient (Wildman–Crippen LogP) is 4.32. The number of carbonyl (C=O) groups is 1. The smallest absolute Gasteiger partial charge is 0.254 e. The minimum atomic E-state index is -1.18. The minimum absolute atomic E-state index is 0.0464. The van der Waals surface area contributed by atoms with E-state index in [1.807, 2.05) is 48.5 Å². The second-order valence-corrected chi connectivity index (χ2v) is 5.82. The summed E-state index contributed by atoms with van der Waals surface area (Å²) >= 11 is 0. The van der Waals surface area contributed by atoms with Gasteiger partial charge in [-0.05, 0) is 47.0 Å². The van der Waals surface area contributed by atoms with Gasteiger partial charge >= 0.3 is 0 Å². The Morgan fingerprint density at radius 3 is 2.41 bits per heavy atom. The Balaban J connectivity index is 1.79. The SMILES string of the molecule is COc1ccc(-c2cccc(COc3ccc(F)c(C(N)=O)c3F)c2)cc1. The summed E-state index contributed by atoms with van der Waals surface area (Å²) in [5, 5.41) is 0. The van der Waals surface area contributed by atoms with Gasteiger partial charge in [-0.2, -0.15) is 0 Å². The number of halogens is 2. The molecule has 0 bridgehead atoms. The molecule has 0 aliphatic rings. The molecule has 6 heteroatoms. The Kier molecular flexibility index (Phi) is 5.35. The molecule has 0 radical (unpaired) electrons. The van der Waals surface area contributed by atoms with Gasteiger partial charge in [-0.15, -0.1) is 0 Å². The molecule has 0 aromatic heterocycles. The number of benzene rings is 3. The molecular formula is C21H17F2NO3. The predicted molar refractivity (Wildman–Crippen MR) is 97.6 cm³/mol. The molecule has 0 atom stereocenters.